The third kappa shape index (κ3) is 2.62. The Labute approximate surface area is 133 Å². The van der Waals surface area contributed by atoms with Crippen molar-refractivity contribution in [1.82, 2.24) is 14.9 Å². The summed E-state index contributed by atoms with van der Waals surface area (Å²) < 4.78 is 5.66. The number of nitrogens with one attached hydrogen (secondary N) is 1. The average molecular weight is 313 g/mol. The van der Waals surface area contributed by atoms with Crippen molar-refractivity contribution < 1.29 is 4.42 Å². The van der Waals surface area contributed by atoms with Crippen LogP contribution < -0.4 is 0 Å². The van der Waals surface area contributed by atoms with Crippen molar-refractivity contribution in [3.63, 3.8) is 0 Å². The van der Waals surface area contributed by atoms with Gasteiger partial charge in [0.2, 0.25) is 0 Å². The lowest BCUT2D eigenvalue weighted by Gasteiger charge is -2.22. The van der Waals surface area contributed by atoms with E-state index in [4.69, 9.17) is 4.42 Å². The highest BCUT2D eigenvalue weighted by Crippen LogP contribution is 2.34. The predicted molar refractivity (Wildman–Crippen MR) is 87.7 cm³/mol. The number of likely N-dealkylation sites (tertiary alicyclic amines) is 1. The van der Waals surface area contributed by atoms with Crippen molar-refractivity contribution in [1.29, 1.82) is 0 Å². The zero-order valence-electron chi connectivity index (χ0n) is 12.6. The summed E-state index contributed by atoms with van der Waals surface area (Å²) in [6.07, 6.45) is 6.48. The minimum absolute atomic E-state index is 0.506. The molecular weight excluding hydrogens is 294 g/mol. The molecule has 0 unspecified atom stereocenters. The highest BCUT2D eigenvalue weighted by Gasteiger charge is 2.27. The third-order valence-corrected chi connectivity index (χ3v) is 5.20. The van der Waals surface area contributed by atoms with Crippen molar-refractivity contribution in [3.8, 4) is 10.8 Å². The monoisotopic (exact) mass is 313 g/mol. The summed E-state index contributed by atoms with van der Waals surface area (Å²) in [5.74, 6) is 1.80. The van der Waals surface area contributed by atoms with E-state index in [1.165, 1.54) is 23.4 Å². The van der Waals surface area contributed by atoms with E-state index in [1.807, 2.05) is 31.5 Å². The van der Waals surface area contributed by atoms with Crippen molar-refractivity contribution in [3.05, 3.63) is 53.0 Å². The molecule has 1 atom stereocenters. The first kappa shape index (κ1) is 13.8. The second-order valence-electron chi connectivity index (χ2n) is 5.80. The molecular formula is C17H19N3OS. The van der Waals surface area contributed by atoms with Crippen LogP contribution in [0.25, 0.3) is 10.8 Å². The number of nitrogens with zero attached hydrogens (tertiary/aromatic N) is 2. The Kier molecular flexibility index (Phi) is 3.60. The lowest BCUT2D eigenvalue weighted by Crippen LogP contribution is -2.22. The highest BCUT2D eigenvalue weighted by atomic mass is 32.1. The first-order valence-electron chi connectivity index (χ1n) is 7.68. The SMILES string of the molecule is Cc1ccc(-c2ncc(CN3CCC[C@@H]3c3ccc[nH]3)s2)o1. The van der Waals surface area contributed by atoms with Crippen molar-refractivity contribution in [2.24, 2.45) is 0 Å². The molecule has 114 valence electrons. The number of hydrogen-bond donors (Lipinski definition) is 1. The number of aromatic amines is 1. The zero-order valence-corrected chi connectivity index (χ0v) is 13.4. The van der Waals surface area contributed by atoms with Crippen LogP contribution in [0, 0.1) is 6.92 Å². The average Bonchev–Trinajstić information content (AvgIpc) is 3.25. The maximum atomic E-state index is 5.66. The van der Waals surface area contributed by atoms with Crippen LogP contribution in [0.15, 0.2) is 41.1 Å². The molecule has 3 aromatic heterocycles. The minimum Gasteiger partial charge on any atom is -0.459 e. The number of furan rings is 1. The summed E-state index contributed by atoms with van der Waals surface area (Å²) in [7, 11) is 0. The predicted octanol–water partition coefficient (Wildman–Crippen LogP) is 4.38. The molecule has 1 aliphatic rings. The molecule has 0 radical (unpaired) electrons. The molecule has 1 N–H and O–H groups in total. The maximum Gasteiger partial charge on any atom is 0.162 e. The van der Waals surface area contributed by atoms with Gasteiger partial charge in [0.15, 0.2) is 10.8 Å². The maximum absolute atomic E-state index is 5.66. The van der Waals surface area contributed by atoms with E-state index in [1.54, 1.807) is 11.3 Å². The summed E-state index contributed by atoms with van der Waals surface area (Å²) >= 11 is 1.73. The normalized spacial score (nSPS) is 19.0. The number of thiazole rings is 1. The molecule has 4 nitrogen and oxygen atoms in total. The van der Waals surface area contributed by atoms with Gasteiger partial charge in [-0.25, -0.2) is 4.98 Å². The molecule has 0 aliphatic carbocycles. The van der Waals surface area contributed by atoms with Crippen LogP contribution in [-0.4, -0.2) is 21.4 Å². The van der Waals surface area contributed by atoms with E-state index in [-0.39, 0.29) is 0 Å². The van der Waals surface area contributed by atoms with Crippen LogP contribution >= 0.6 is 11.3 Å². The number of aryl methyl sites for hydroxylation is 1. The van der Waals surface area contributed by atoms with Gasteiger partial charge in [0.1, 0.15) is 5.76 Å². The molecule has 4 rings (SSSR count). The molecule has 3 aromatic rings. The molecule has 0 saturated carbocycles. The summed E-state index contributed by atoms with van der Waals surface area (Å²) in [6.45, 7) is 4.07. The molecule has 4 heterocycles. The standard InChI is InChI=1S/C17H19N3OS/c1-12-6-7-16(21-12)17-19-10-13(22-17)11-20-9-3-5-15(20)14-4-2-8-18-14/h2,4,6-8,10,15,18H,3,5,9,11H2,1H3/t15-/m1/s1. The molecule has 5 heteroatoms. The van der Waals surface area contributed by atoms with Gasteiger partial charge >= 0.3 is 0 Å². The number of aromatic nitrogens is 2. The zero-order chi connectivity index (χ0) is 14.9. The molecule has 0 spiro atoms. The fourth-order valence-electron chi connectivity index (χ4n) is 3.16. The number of H-pyrrole nitrogens is 1. The Hall–Kier alpha value is -1.85. The molecule has 22 heavy (non-hydrogen) atoms. The fraction of sp³-hybridized carbons (Fsp3) is 0.353. The van der Waals surface area contributed by atoms with Gasteiger partial charge in [-0.1, -0.05) is 0 Å². The number of hydrogen-bond acceptors (Lipinski definition) is 4. The Morgan fingerprint density at radius 2 is 2.36 bits per heavy atom. The van der Waals surface area contributed by atoms with Gasteiger partial charge in [0.05, 0.1) is 6.04 Å². The summed E-state index contributed by atoms with van der Waals surface area (Å²) in [5, 5.41) is 0.971. The third-order valence-electron chi connectivity index (χ3n) is 4.21. The van der Waals surface area contributed by atoms with Crippen LogP contribution in [0.3, 0.4) is 0 Å². The molecule has 0 amide bonds. The van der Waals surface area contributed by atoms with Crippen molar-refractivity contribution >= 4 is 11.3 Å². The van der Waals surface area contributed by atoms with Gasteiger partial charge in [0, 0.05) is 29.5 Å². The molecule has 1 saturated heterocycles. The molecule has 1 fully saturated rings. The Bertz CT molecular complexity index is 744. The summed E-state index contributed by atoms with van der Waals surface area (Å²) in [4.78, 5) is 11.7. The van der Waals surface area contributed by atoms with E-state index in [0.29, 0.717) is 6.04 Å². The number of rotatable bonds is 4. The topological polar surface area (TPSA) is 45.1 Å². The van der Waals surface area contributed by atoms with Gasteiger partial charge in [0.25, 0.3) is 0 Å². The fourth-order valence-corrected chi connectivity index (χ4v) is 4.06. The molecule has 0 aromatic carbocycles. The summed E-state index contributed by atoms with van der Waals surface area (Å²) in [6, 6.07) is 8.75. The van der Waals surface area contributed by atoms with E-state index in [9.17, 15) is 0 Å². The second kappa shape index (κ2) is 5.74. The largest absolute Gasteiger partial charge is 0.459 e. The van der Waals surface area contributed by atoms with Gasteiger partial charge < -0.3 is 9.40 Å². The van der Waals surface area contributed by atoms with E-state index >= 15 is 0 Å². The van der Waals surface area contributed by atoms with E-state index in [0.717, 1.165) is 29.6 Å². The Morgan fingerprint density at radius 3 is 3.14 bits per heavy atom. The highest BCUT2D eigenvalue weighted by molar-refractivity contribution is 7.14. The molecule has 0 bridgehead atoms. The van der Waals surface area contributed by atoms with Gasteiger partial charge in [-0.2, -0.15) is 0 Å². The smallest absolute Gasteiger partial charge is 0.162 e. The van der Waals surface area contributed by atoms with Crippen LogP contribution in [0.2, 0.25) is 0 Å². The van der Waals surface area contributed by atoms with Crippen molar-refractivity contribution in [2.45, 2.75) is 32.4 Å². The Balaban J connectivity index is 1.50. The second-order valence-corrected chi connectivity index (χ2v) is 6.91. The van der Waals surface area contributed by atoms with E-state index in [2.05, 4.69) is 27.0 Å². The first-order valence-corrected chi connectivity index (χ1v) is 8.50. The quantitative estimate of drug-likeness (QED) is 0.777. The minimum atomic E-state index is 0.506. The summed E-state index contributed by atoms with van der Waals surface area (Å²) in [5.41, 5.74) is 1.32. The first-order chi connectivity index (χ1) is 10.8. The molecule has 1 aliphatic heterocycles. The van der Waals surface area contributed by atoms with Crippen LogP contribution in [0.1, 0.15) is 35.2 Å². The van der Waals surface area contributed by atoms with Crippen molar-refractivity contribution in [2.75, 3.05) is 6.54 Å². The lowest BCUT2D eigenvalue weighted by molar-refractivity contribution is 0.247. The van der Waals surface area contributed by atoms with Crippen LogP contribution in [-0.2, 0) is 6.54 Å². The van der Waals surface area contributed by atoms with Gasteiger partial charge in [-0.15, -0.1) is 11.3 Å². The lowest BCUT2D eigenvalue weighted by atomic mass is 10.1. The van der Waals surface area contributed by atoms with Crippen LogP contribution in [0.5, 0.6) is 0 Å². The van der Waals surface area contributed by atoms with Crippen LogP contribution in [0.4, 0.5) is 0 Å². The Morgan fingerprint density at radius 1 is 1.41 bits per heavy atom. The van der Waals surface area contributed by atoms with Gasteiger partial charge in [-0.05, 0) is 50.6 Å². The van der Waals surface area contributed by atoms with Gasteiger partial charge in [-0.3, -0.25) is 4.90 Å². The van der Waals surface area contributed by atoms with E-state index < -0.39 is 0 Å².